The summed E-state index contributed by atoms with van der Waals surface area (Å²) in [5.41, 5.74) is 0.604. The van der Waals surface area contributed by atoms with E-state index in [4.69, 9.17) is 13.5 Å². The number of carbonyl (C=O) groups excluding carboxylic acids is 2. The summed E-state index contributed by atoms with van der Waals surface area (Å²) in [6.07, 6.45) is 1.43. The molecule has 4 rings (SSSR count). The van der Waals surface area contributed by atoms with Crippen LogP contribution in [0.4, 0.5) is 0 Å². The van der Waals surface area contributed by atoms with Gasteiger partial charge in [-0.05, 0) is 26.0 Å². The standard InChI is InChI=1S/C21H18NO6P/c1-3-26-29(25,27-4-2)21-15-17(23)14-11-8-12-22-16(14)18(24)20(15)28-19(21)13-9-6-5-7-10-13/h5-12H,3-4H2,1-2H3. The van der Waals surface area contributed by atoms with Crippen molar-refractivity contribution in [2.24, 2.45) is 0 Å². The van der Waals surface area contributed by atoms with Crippen molar-refractivity contribution in [3.05, 3.63) is 71.2 Å². The van der Waals surface area contributed by atoms with Gasteiger partial charge in [0, 0.05) is 11.8 Å². The molecule has 8 heteroatoms. The second-order valence-corrected chi connectivity index (χ2v) is 8.20. The zero-order chi connectivity index (χ0) is 20.6. The Morgan fingerprint density at radius 3 is 2.28 bits per heavy atom. The van der Waals surface area contributed by atoms with E-state index in [-0.39, 0.29) is 46.9 Å². The quantitative estimate of drug-likeness (QED) is 0.442. The number of rotatable bonds is 6. The molecule has 0 bridgehead atoms. The molecule has 0 amide bonds. The zero-order valence-corrected chi connectivity index (χ0v) is 16.8. The third kappa shape index (κ3) is 3.08. The minimum Gasteiger partial charge on any atom is -0.451 e. The molecule has 0 fully saturated rings. The highest BCUT2D eigenvalue weighted by molar-refractivity contribution is 7.62. The van der Waals surface area contributed by atoms with Crippen molar-refractivity contribution in [2.45, 2.75) is 13.8 Å². The third-order valence-corrected chi connectivity index (χ3v) is 6.66. The van der Waals surface area contributed by atoms with Crippen LogP contribution < -0.4 is 5.30 Å². The monoisotopic (exact) mass is 411 g/mol. The van der Waals surface area contributed by atoms with Gasteiger partial charge in [-0.15, -0.1) is 0 Å². The maximum absolute atomic E-state index is 13.7. The van der Waals surface area contributed by atoms with Crippen LogP contribution in [-0.4, -0.2) is 29.8 Å². The fourth-order valence-electron chi connectivity index (χ4n) is 3.36. The average molecular weight is 411 g/mol. The average Bonchev–Trinajstić information content (AvgIpc) is 3.15. The number of ketones is 2. The lowest BCUT2D eigenvalue weighted by Gasteiger charge is -2.19. The molecule has 0 atom stereocenters. The normalized spacial score (nSPS) is 13.3. The molecule has 0 saturated carbocycles. The van der Waals surface area contributed by atoms with Crippen molar-refractivity contribution < 1.29 is 27.6 Å². The largest absolute Gasteiger partial charge is 0.451 e. The fraction of sp³-hybridized carbons (Fsp3) is 0.190. The molecule has 29 heavy (non-hydrogen) atoms. The second-order valence-electron chi connectivity index (χ2n) is 6.24. The number of pyridine rings is 1. The molecule has 3 aromatic rings. The van der Waals surface area contributed by atoms with E-state index in [1.807, 2.05) is 6.07 Å². The molecule has 7 nitrogen and oxygen atoms in total. The van der Waals surface area contributed by atoms with Crippen molar-refractivity contribution in [3.63, 3.8) is 0 Å². The Bertz CT molecular complexity index is 1140. The van der Waals surface area contributed by atoms with Crippen LogP contribution in [0.15, 0.2) is 53.1 Å². The maximum Gasteiger partial charge on any atom is 0.366 e. The highest BCUT2D eigenvalue weighted by atomic mass is 31.2. The molecule has 148 valence electrons. The van der Waals surface area contributed by atoms with Gasteiger partial charge >= 0.3 is 7.60 Å². The molecule has 0 spiro atoms. The molecule has 2 heterocycles. The first kappa shape index (κ1) is 19.5. The SMILES string of the molecule is CCOP(=O)(OCC)c1c(-c2ccccc2)oc2c1C(=O)c1cccnc1C2=O. The fourth-order valence-corrected chi connectivity index (χ4v) is 5.27. The van der Waals surface area contributed by atoms with Crippen molar-refractivity contribution in [1.29, 1.82) is 0 Å². The van der Waals surface area contributed by atoms with Gasteiger partial charge in [0.15, 0.2) is 17.3 Å². The van der Waals surface area contributed by atoms with E-state index in [1.165, 1.54) is 12.3 Å². The van der Waals surface area contributed by atoms with Crippen LogP contribution in [0, 0.1) is 0 Å². The lowest BCUT2D eigenvalue weighted by molar-refractivity contribution is 0.0957. The van der Waals surface area contributed by atoms with E-state index in [0.717, 1.165) is 0 Å². The van der Waals surface area contributed by atoms with Crippen molar-refractivity contribution in [1.82, 2.24) is 4.98 Å². The number of benzene rings is 1. The van der Waals surface area contributed by atoms with E-state index in [2.05, 4.69) is 4.98 Å². The van der Waals surface area contributed by atoms with Gasteiger partial charge in [0.2, 0.25) is 5.78 Å². The third-order valence-electron chi connectivity index (χ3n) is 4.49. The molecule has 0 aliphatic heterocycles. The molecule has 0 saturated heterocycles. The van der Waals surface area contributed by atoms with E-state index in [9.17, 15) is 14.2 Å². The van der Waals surface area contributed by atoms with Gasteiger partial charge in [-0.25, -0.2) is 0 Å². The number of hydrogen-bond acceptors (Lipinski definition) is 7. The highest BCUT2D eigenvalue weighted by Gasteiger charge is 2.45. The maximum atomic E-state index is 13.7. The van der Waals surface area contributed by atoms with E-state index < -0.39 is 19.2 Å². The summed E-state index contributed by atoms with van der Waals surface area (Å²) in [7, 11) is -3.95. The first-order valence-corrected chi connectivity index (χ1v) is 10.7. The van der Waals surface area contributed by atoms with Crippen LogP contribution in [0.1, 0.15) is 46.0 Å². The molecule has 2 aromatic heterocycles. The van der Waals surface area contributed by atoms with Crippen LogP contribution in [0.5, 0.6) is 0 Å². The number of fused-ring (bicyclic) bond motifs is 2. The van der Waals surface area contributed by atoms with Crippen LogP contribution in [0.25, 0.3) is 11.3 Å². The summed E-state index contributed by atoms with van der Waals surface area (Å²) in [5.74, 6) is -1.12. The number of furan rings is 1. The predicted molar refractivity (Wildman–Crippen MR) is 106 cm³/mol. The first-order valence-electron chi connectivity index (χ1n) is 9.18. The smallest absolute Gasteiger partial charge is 0.366 e. The molecule has 0 radical (unpaired) electrons. The molecule has 1 aliphatic carbocycles. The van der Waals surface area contributed by atoms with Gasteiger partial charge in [0.1, 0.15) is 11.0 Å². The summed E-state index contributed by atoms with van der Waals surface area (Å²) < 4.78 is 30.6. The number of aromatic nitrogens is 1. The Kier molecular flexibility index (Phi) is 5.04. The zero-order valence-electron chi connectivity index (χ0n) is 15.9. The summed E-state index contributed by atoms with van der Waals surface area (Å²) in [6.45, 7) is 3.52. The number of hydrogen-bond donors (Lipinski definition) is 0. The van der Waals surface area contributed by atoms with Gasteiger partial charge in [-0.1, -0.05) is 30.3 Å². The summed E-state index contributed by atoms with van der Waals surface area (Å²) in [5, 5.41) is -0.0183. The van der Waals surface area contributed by atoms with Gasteiger partial charge < -0.3 is 13.5 Å². The Balaban J connectivity index is 2.06. The van der Waals surface area contributed by atoms with E-state index >= 15 is 0 Å². The van der Waals surface area contributed by atoms with Crippen molar-refractivity contribution >= 4 is 24.5 Å². The minimum atomic E-state index is -3.95. The summed E-state index contributed by atoms with van der Waals surface area (Å²) in [4.78, 5) is 30.3. The number of nitrogens with zero attached hydrogens (tertiary/aromatic N) is 1. The lowest BCUT2D eigenvalue weighted by atomic mass is 9.92. The number of carbonyl (C=O) groups is 2. The topological polar surface area (TPSA) is 95.7 Å². The minimum absolute atomic E-state index is 0.00700. The van der Waals surface area contributed by atoms with Crippen LogP contribution in [0.2, 0.25) is 0 Å². The molecular formula is C21H18NO6P. The van der Waals surface area contributed by atoms with E-state index in [1.54, 1.807) is 44.2 Å². The van der Waals surface area contributed by atoms with Gasteiger partial charge in [-0.3, -0.25) is 19.1 Å². The van der Waals surface area contributed by atoms with Gasteiger partial charge in [-0.2, -0.15) is 0 Å². The van der Waals surface area contributed by atoms with Crippen LogP contribution in [-0.2, 0) is 13.6 Å². The van der Waals surface area contributed by atoms with E-state index in [0.29, 0.717) is 5.56 Å². The summed E-state index contributed by atoms with van der Waals surface area (Å²) >= 11 is 0. The van der Waals surface area contributed by atoms with Gasteiger partial charge in [0.05, 0.1) is 24.3 Å². The van der Waals surface area contributed by atoms with Crippen molar-refractivity contribution in [3.8, 4) is 11.3 Å². The molecular weight excluding hydrogens is 393 g/mol. The first-order chi connectivity index (χ1) is 14.0. The van der Waals surface area contributed by atoms with Gasteiger partial charge in [0.25, 0.3) is 0 Å². The molecule has 1 aromatic carbocycles. The van der Waals surface area contributed by atoms with Crippen LogP contribution in [0.3, 0.4) is 0 Å². The lowest BCUT2D eigenvalue weighted by Crippen LogP contribution is -2.26. The molecule has 0 N–H and O–H groups in total. The second kappa shape index (κ2) is 7.52. The van der Waals surface area contributed by atoms with Crippen molar-refractivity contribution in [2.75, 3.05) is 13.2 Å². The predicted octanol–water partition coefficient (Wildman–Crippen LogP) is 4.01. The Hall–Kier alpha value is -2.86. The van der Waals surface area contributed by atoms with Crippen LogP contribution >= 0.6 is 7.60 Å². The molecule has 0 unspecified atom stereocenters. The molecule has 1 aliphatic rings. The Morgan fingerprint density at radius 1 is 0.931 bits per heavy atom. The summed E-state index contributed by atoms with van der Waals surface area (Å²) in [6, 6.07) is 11.9. The Labute approximate surface area is 167 Å². The highest BCUT2D eigenvalue weighted by Crippen LogP contribution is 2.52. The Morgan fingerprint density at radius 2 is 1.62 bits per heavy atom.